The Morgan fingerprint density at radius 2 is 2.03 bits per heavy atom. The molecular weight excluding hydrogens is 396 g/mol. The zero-order chi connectivity index (χ0) is 22.2. The summed E-state index contributed by atoms with van der Waals surface area (Å²) in [5, 5.41) is 11.3. The van der Waals surface area contributed by atoms with Crippen LogP contribution in [-0.2, 0) is 22.6 Å². The molecule has 0 bridgehead atoms. The molecule has 1 aliphatic rings. The zero-order valence-electron chi connectivity index (χ0n) is 17.1. The topological polar surface area (TPSA) is 105 Å². The van der Waals surface area contributed by atoms with Crippen LogP contribution in [0.4, 0.5) is 17.1 Å². The van der Waals surface area contributed by atoms with Gasteiger partial charge in [-0.3, -0.25) is 14.6 Å². The van der Waals surface area contributed by atoms with Crippen molar-refractivity contribution >= 4 is 29.3 Å². The van der Waals surface area contributed by atoms with E-state index in [1.165, 1.54) is 23.5 Å². The van der Waals surface area contributed by atoms with Crippen LogP contribution in [0.3, 0.4) is 0 Å². The van der Waals surface area contributed by atoms with Crippen LogP contribution in [0.1, 0.15) is 5.56 Å². The van der Waals surface area contributed by atoms with Gasteiger partial charge < -0.3 is 24.7 Å². The third-order valence-electron chi connectivity index (χ3n) is 4.91. The third-order valence-corrected chi connectivity index (χ3v) is 4.91. The maximum Gasteiger partial charge on any atom is 0.323 e. The normalized spacial score (nSPS) is 14.6. The van der Waals surface area contributed by atoms with Gasteiger partial charge in [0.2, 0.25) is 0 Å². The number of pyridine rings is 2. The fourth-order valence-electron chi connectivity index (χ4n) is 3.42. The van der Waals surface area contributed by atoms with E-state index in [9.17, 15) is 14.4 Å². The number of benzene rings is 1. The van der Waals surface area contributed by atoms with Gasteiger partial charge >= 0.3 is 5.97 Å². The molecule has 1 atom stereocenters. The van der Waals surface area contributed by atoms with Crippen molar-refractivity contribution < 1.29 is 14.7 Å². The number of para-hydroxylation sites is 1. The van der Waals surface area contributed by atoms with Gasteiger partial charge in [-0.1, -0.05) is 18.2 Å². The van der Waals surface area contributed by atoms with E-state index in [2.05, 4.69) is 27.3 Å². The van der Waals surface area contributed by atoms with Crippen LogP contribution in [0, 0.1) is 5.92 Å². The molecule has 1 aromatic carbocycles. The van der Waals surface area contributed by atoms with E-state index in [0.717, 1.165) is 29.5 Å². The summed E-state index contributed by atoms with van der Waals surface area (Å²) in [4.78, 5) is 38.9. The smallest absolute Gasteiger partial charge is 0.323 e. The Morgan fingerprint density at radius 3 is 2.71 bits per heavy atom. The van der Waals surface area contributed by atoms with Gasteiger partial charge in [-0.2, -0.15) is 0 Å². The second-order valence-electron chi connectivity index (χ2n) is 7.08. The fraction of sp³-hybridized carbons (Fsp3) is 0.217. The van der Waals surface area contributed by atoms with Crippen molar-refractivity contribution in [3.05, 3.63) is 83.0 Å². The van der Waals surface area contributed by atoms with Crippen molar-refractivity contribution in [2.75, 3.05) is 23.8 Å². The highest BCUT2D eigenvalue weighted by Gasteiger charge is 2.24. The molecule has 2 aromatic heterocycles. The number of rotatable bonds is 5. The lowest BCUT2D eigenvalue weighted by Crippen LogP contribution is -2.32. The van der Waals surface area contributed by atoms with Gasteiger partial charge in [0, 0.05) is 43.7 Å². The summed E-state index contributed by atoms with van der Waals surface area (Å²) in [5.41, 5.74) is 3.84. The van der Waals surface area contributed by atoms with Gasteiger partial charge in [0.15, 0.2) is 0 Å². The molecule has 0 aliphatic carbocycles. The molecular formula is C23H24N4O4. The predicted molar refractivity (Wildman–Crippen MR) is 119 cm³/mol. The first kappa shape index (κ1) is 21.8. The van der Waals surface area contributed by atoms with Gasteiger partial charge in [0.05, 0.1) is 17.6 Å². The molecule has 0 amide bonds. The summed E-state index contributed by atoms with van der Waals surface area (Å²) in [6, 6.07) is 15.1. The minimum atomic E-state index is -1.03. The van der Waals surface area contributed by atoms with Gasteiger partial charge in [0.1, 0.15) is 12.8 Å². The molecule has 8 nitrogen and oxygen atoms in total. The first-order chi connectivity index (χ1) is 15.0. The van der Waals surface area contributed by atoms with Crippen LogP contribution in [-0.4, -0.2) is 40.5 Å². The molecule has 0 spiro atoms. The average Bonchev–Trinajstić information content (AvgIpc) is 2.80. The number of aliphatic carboxylic acids is 1. The van der Waals surface area contributed by atoms with Crippen molar-refractivity contribution in [3.63, 3.8) is 0 Å². The highest BCUT2D eigenvalue weighted by Crippen LogP contribution is 2.34. The number of aromatic nitrogens is 2. The van der Waals surface area contributed by atoms with Crippen LogP contribution in [0.5, 0.6) is 0 Å². The number of carboxylic acids is 1. The van der Waals surface area contributed by atoms with Crippen molar-refractivity contribution in [2.45, 2.75) is 13.0 Å². The van der Waals surface area contributed by atoms with Crippen LogP contribution >= 0.6 is 0 Å². The highest BCUT2D eigenvalue weighted by molar-refractivity contribution is 5.71. The molecule has 0 saturated heterocycles. The van der Waals surface area contributed by atoms with Gasteiger partial charge in [-0.25, -0.2) is 0 Å². The first-order valence-corrected chi connectivity index (χ1v) is 9.82. The number of aldehydes is 1. The average molecular weight is 420 g/mol. The number of nitrogens with one attached hydrogen (secondary N) is 1. The number of anilines is 3. The fourth-order valence-corrected chi connectivity index (χ4v) is 3.42. The summed E-state index contributed by atoms with van der Waals surface area (Å²) >= 11 is 0. The summed E-state index contributed by atoms with van der Waals surface area (Å²) in [6.07, 6.45) is 6.95. The molecule has 8 heteroatoms. The maximum atomic E-state index is 11.1. The van der Waals surface area contributed by atoms with Crippen LogP contribution < -0.4 is 15.8 Å². The maximum absolute atomic E-state index is 11.1. The number of fused-ring (bicyclic) bond motifs is 1. The summed E-state index contributed by atoms with van der Waals surface area (Å²) in [7, 11) is 1.70. The molecule has 0 radical (unpaired) electrons. The lowest BCUT2D eigenvalue weighted by molar-refractivity contribution is -0.137. The third kappa shape index (κ3) is 5.57. The molecule has 1 aliphatic heterocycles. The summed E-state index contributed by atoms with van der Waals surface area (Å²) in [5.74, 6) is -0.976. The largest absolute Gasteiger partial charge is 0.480 e. The second kappa shape index (κ2) is 10.2. The quantitative estimate of drug-likeness (QED) is 0.611. The second-order valence-corrected chi connectivity index (χ2v) is 7.08. The molecule has 3 aromatic rings. The first-order valence-electron chi connectivity index (χ1n) is 9.82. The number of carbonyl (C=O) groups excluding carboxylic acids is 1. The van der Waals surface area contributed by atoms with E-state index in [0.29, 0.717) is 5.69 Å². The van der Waals surface area contributed by atoms with Crippen molar-refractivity contribution in [3.8, 4) is 0 Å². The van der Waals surface area contributed by atoms with Gasteiger partial charge in [-0.15, -0.1) is 0 Å². The predicted octanol–water partition coefficient (Wildman–Crippen LogP) is 2.57. The van der Waals surface area contributed by atoms with Gasteiger partial charge in [0.25, 0.3) is 5.56 Å². The van der Waals surface area contributed by atoms with Crippen molar-refractivity contribution in [2.24, 2.45) is 5.92 Å². The van der Waals surface area contributed by atoms with E-state index in [4.69, 9.17) is 5.11 Å². The lowest BCUT2D eigenvalue weighted by atomic mass is 9.93. The monoisotopic (exact) mass is 420 g/mol. The van der Waals surface area contributed by atoms with Crippen LogP contribution in [0.25, 0.3) is 0 Å². The molecule has 2 N–H and O–H groups in total. The Labute approximate surface area is 179 Å². The highest BCUT2D eigenvalue weighted by atomic mass is 16.4. The SMILES string of the molecule is CNc1ccc(=O)n(CC(=O)O)c1.O=CC1Cc2ccccc2N(c2cccnc2)C1. The zero-order valence-corrected chi connectivity index (χ0v) is 17.1. The summed E-state index contributed by atoms with van der Waals surface area (Å²) < 4.78 is 1.13. The molecule has 160 valence electrons. The molecule has 1 unspecified atom stereocenters. The minimum Gasteiger partial charge on any atom is -0.480 e. The Bertz CT molecular complexity index is 1100. The van der Waals surface area contributed by atoms with E-state index in [-0.39, 0.29) is 18.0 Å². The van der Waals surface area contributed by atoms with Crippen molar-refractivity contribution in [1.82, 2.24) is 9.55 Å². The Morgan fingerprint density at radius 1 is 1.23 bits per heavy atom. The molecule has 31 heavy (non-hydrogen) atoms. The molecule has 4 rings (SSSR count). The summed E-state index contributed by atoms with van der Waals surface area (Å²) in [6.45, 7) is 0.417. The Kier molecular flexibility index (Phi) is 7.16. The van der Waals surface area contributed by atoms with E-state index in [1.807, 2.05) is 30.5 Å². The number of carbonyl (C=O) groups is 2. The van der Waals surface area contributed by atoms with Gasteiger partial charge in [-0.05, 0) is 36.2 Å². The van der Waals surface area contributed by atoms with E-state index < -0.39 is 5.97 Å². The van der Waals surface area contributed by atoms with Crippen LogP contribution in [0.2, 0.25) is 0 Å². The van der Waals surface area contributed by atoms with Crippen molar-refractivity contribution in [1.29, 1.82) is 0 Å². The standard InChI is InChI=1S/C15H14N2O.C8H10N2O3/c18-11-12-8-13-4-1-2-6-15(13)17(10-12)14-5-3-7-16-9-14;1-9-6-2-3-7(11)10(4-6)5-8(12)13/h1-7,9,11-12H,8,10H2;2-4,9H,5H2,1H3,(H,12,13). The number of hydrogen-bond donors (Lipinski definition) is 2. The molecule has 3 heterocycles. The van der Waals surface area contributed by atoms with Crippen LogP contribution in [0.15, 0.2) is 71.9 Å². The number of carboxylic acid groups (broad SMARTS) is 1. The molecule has 0 saturated carbocycles. The number of nitrogens with zero attached hydrogens (tertiary/aromatic N) is 3. The molecule has 0 fully saturated rings. The van der Waals surface area contributed by atoms with E-state index >= 15 is 0 Å². The Balaban J connectivity index is 0.000000187. The van der Waals surface area contributed by atoms with E-state index in [1.54, 1.807) is 19.3 Å². The number of hydrogen-bond acceptors (Lipinski definition) is 6. The minimum absolute atomic E-state index is 0.0557. The Hall–Kier alpha value is -3.94. The lowest BCUT2D eigenvalue weighted by Gasteiger charge is -2.33.